The van der Waals surface area contributed by atoms with Crippen LogP contribution in [0.2, 0.25) is 0 Å². The minimum Gasteiger partial charge on any atom is -0.369 e. The van der Waals surface area contributed by atoms with Gasteiger partial charge >= 0.3 is 0 Å². The van der Waals surface area contributed by atoms with E-state index in [2.05, 4.69) is 15.1 Å². The van der Waals surface area contributed by atoms with E-state index in [1.54, 1.807) is 26.0 Å². The molecule has 0 amide bonds. The smallest absolute Gasteiger partial charge is 0.246 e. The van der Waals surface area contributed by atoms with E-state index in [9.17, 15) is 12.8 Å². The molecule has 1 saturated heterocycles. The lowest BCUT2D eigenvalue weighted by Gasteiger charge is -2.35. The molecular formula is C15H19FN4O2S. The maximum Gasteiger partial charge on any atom is 0.246 e. The Labute approximate surface area is 135 Å². The van der Waals surface area contributed by atoms with Gasteiger partial charge in [-0.3, -0.25) is 5.10 Å². The Bertz CT molecular complexity index is 774. The van der Waals surface area contributed by atoms with Crippen LogP contribution >= 0.6 is 0 Å². The number of aromatic amines is 1. The Morgan fingerprint density at radius 1 is 1.09 bits per heavy atom. The van der Waals surface area contributed by atoms with Gasteiger partial charge < -0.3 is 4.90 Å². The van der Waals surface area contributed by atoms with Crippen molar-refractivity contribution in [2.75, 3.05) is 31.1 Å². The van der Waals surface area contributed by atoms with Crippen LogP contribution in [0.4, 0.5) is 10.1 Å². The van der Waals surface area contributed by atoms with E-state index in [0.717, 1.165) is 5.69 Å². The molecule has 0 atom stereocenters. The number of nitrogens with zero attached hydrogens (tertiary/aromatic N) is 3. The van der Waals surface area contributed by atoms with Crippen LogP contribution in [0.1, 0.15) is 11.4 Å². The fourth-order valence-corrected chi connectivity index (χ4v) is 4.64. The third-order valence-corrected chi connectivity index (χ3v) is 6.25. The summed E-state index contributed by atoms with van der Waals surface area (Å²) in [5.74, 6) is -0.277. The van der Waals surface area contributed by atoms with Crippen molar-refractivity contribution < 1.29 is 12.8 Å². The van der Waals surface area contributed by atoms with Crippen molar-refractivity contribution in [3.05, 3.63) is 41.5 Å². The molecule has 1 aromatic heterocycles. The Balaban J connectivity index is 1.75. The second-order valence-corrected chi connectivity index (χ2v) is 7.51. The first kappa shape index (κ1) is 15.9. The van der Waals surface area contributed by atoms with Gasteiger partial charge in [0.1, 0.15) is 10.7 Å². The first-order chi connectivity index (χ1) is 10.9. The van der Waals surface area contributed by atoms with Crippen molar-refractivity contribution in [2.24, 2.45) is 0 Å². The summed E-state index contributed by atoms with van der Waals surface area (Å²) in [6, 6.07) is 6.25. The summed E-state index contributed by atoms with van der Waals surface area (Å²) in [5.41, 5.74) is 1.95. The zero-order chi connectivity index (χ0) is 16.6. The number of nitrogens with one attached hydrogen (secondary N) is 1. The summed E-state index contributed by atoms with van der Waals surface area (Å²) in [6.45, 7) is 5.32. The first-order valence-corrected chi connectivity index (χ1v) is 8.86. The molecule has 0 bridgehead atoms. The number of anilines is 1. The standard InChI is InChI=1S/C15H19FN4O2S/c1-11-15(12(2)18-17-11)23(21,22)20-9-7-19(8-10-20)14-5-3-13(16)4-6-14/h3-6H,7-10H2,1-2H3,(H,17,18). The van der Waals surface area contributed by atoms with Crippen molar-refractivity contribution in [1.29, 1.82) is 0 Å². The molecule has 1 aliphatic heterocycles. The zero-order valence-electron chi connectivity index (χ0n) is 13.1. The number of sulfonamides is 1. The van der Waals surface area contributed by atoms with Crippen LogP contribution in [0.25, 0.3) is 0 Å². The molecule has 124 valence electrons. The van der Waals surface area contributed by atoms with Crippen LogP contribution in [0.5, 0.6) is 0 Å². The first-order valence-electron chi connectivity index (χ1n) is 7.42. The average Bonchev–Trinajstić information content (AvgIpc) is 2.88. The number of halogens is 1. The lowest BCUT2D eigenvalue weighted by Crippen LogP contribution is -2.48. The molecule has 23 heavy (non-hydrogen) atoms. The van der Waals surface area contributed by atoms with Gasteiger partial charge in [0.2, 0.25) is 10.0 Å². The van der Waals surface area contributed by atoms with Crippen LogP contribution in [-0.2, 0) is 10.0 Å². The minimum atomic E-state index is -3.54. The number of H-pyrrole nitrogens is 1. The third-order valence-electron chi connectivity index (χ3n) is 4.09. The molecule has 0 spiro atoms. The average molecular weight is 338 g/mol. The van der Waals surface area contributed by atoms with E-state index >= 15 is 0 Å². The highest BCUT2D eigenvalue weighted by Crippen LogP contribution is 2.24. The Morgan fingerprint density at radius 3 is 2.22 bits per heavy atom. The lowest BCUT2D eigenvalue weighted by atomic mass is 10.2. The molecule has 1 aromatic carbocycles. The normalized spacial score (nSPS) is 16.7. The summed E-state index contributed by atoms with van der Waals surface area (Å²) in [4.78, 5) is 2.33. The molecule has 8 heteroatoms. The molecule has 0 saturated carbocycles. The van der Waals surface area contributed by atoms with Gasteiger partial charge in [-0.2, -0.15) is 9.40 Å². The molecule has 6 nitrogen and oxygen atoms in total. The van der Waals surface area contributed by atoms with E-state index in [1.165, 1.54) is 16.4 Å². The Hall–Kier alpha value is -1.93. The highest BCUT2D eigenvalue weighted by molar-refractivity contribution is 7.89. The van der Waals surface area contributed by atoms with Gasteiger partial charge in [-0.15, -0.1) is 0 Å². The molecule has 3 rings (SSSR count). The van der Waals surface area contributed by atoms with Crippen LogP contribution < -0.4 is 4.90 Å². The molecule has 0 radical (unpaired) electrons. The van der Waals surface area contributed by atoms with Crippen molar-refractivity contribution in [3.8, 4) is 0 Å². The molecular weight excluding hydrogens is 319 g/mol. The lowest BCUT2D eigenvalue weighted by molar-refractivity contribution is 0.384. The van der Waals surface area contributed by atoms with Crippen LogP contribution in [0.3, 0.4) is 0 Å². The summed E-state index contributed by atoms with van der Waals surface area (Å²) in [5, 5.41) is 6.69. The highest BCUT2D eigenvalue weighted by Gasteiger charge is 2.32. The van der Waals surface area contributed by atoms with Gasteiger partial charge in [-0.1, -0.05) is 0 Å². The van der Waals surface area contributed by atoms with E-state index in [4.69, 9.17) is 0 Å². The van der Waals surface area contributed by atoms with Gasteiger partial charge in [-0.05, 0) is 38.1 Å². The van der Waals surface area contributed by atoms with E-state index in [1.807, 2.05) is 0 Å². The maximum absolute atomic E-state index is 13.0. The topological polar surface area (TPSA) is 69.3 Å². The maximum atomic E-state index is 13.0. The SMILES string of the molecule is Cc1n[nH]c(C)c1S(=O)(=O)N1CCN(c2ccc(F)cc2)CC1. The van der Waals surface area contributed by atoms with Crippen LogP contribution in [-0.4, -0.2) is 49.1 Å². The predicted molar refractivity (Wildman–Crippen MR) is 85.4 cm³/mol. The van der Waals surface area contributed by atoms with E-state index < -0.39 is 10.0 Å². The Morgan fingerprint density at radius 2 is 1.70 bits per heavy atom. The third kappa shape index (κ3) is 2.96. The molecule has 1 aliphatic rings. The van der Waals surface area contributed by atoms with Gasteiger partial charge in [0.05, 0.1) is 11.4 Å². The number of aryl methyl sites for hydroxylation is 2. The van der Waals surface area contributed by atoms with Crippen molar-refractivity contribution in [2.45, 2.75) is 18.7 Å². The predicted octanol–water partition coefficient (Wildman–Crippen LogP) is 1.68. The summed E-state index contributed by atoms with van der Waals surface area (Å²) in [7, 11) is -3.54. The number of piperazine rings is 1. The summed E-state index contributed by atoms with van der Waals surface area (Å²) >= 11 is 0. The second-order valence-electron chi connectivity index (χ2n) is 5.63. The second kappa shape index (κ2) is 5.93. The molecule has 1 N–H and O–H groups in total. The number of hydrogen-bond donors (Lipinski definition) is 1. The molecule has 0 unspecified atom stereocenters. The quantitative estimate of drug-likeness (QED) is 0.924. The number of aromatic nitrogens is 2. The van der Waals surface area contributed by atoms with Crippen molar-refractivity contribution in [1.82, 2.24) is 14.5 Å². The van der Waals surface area contributed by atoms with Crippen LogP contribution in [0, 0.1) is 19.7 Å². The van der Waals surface area contributed by atoms with Gasteiger partial charge in [0.15, 0.2) is 0 Å². The van der Waals surface area contributed by atoms with Gasteiger partial charge in [-0.25, -0.2) is 12.8 Å². The van der Waals surface area contributed by atoms with Gasteiger partial charge in [0.25, 0.3) is 0 Å². The molecule has 1 fully saturated rings. The monoisotopic (exact) mass is 338 g/mol. The fraction of sp³-hybridized carbons (Fsp3) is 0.400. The van der Waals surface area contributed by atoms with Crippen LogP contribution in [0.15, 0.2) is 29.2 Å². The minimum absolute atomic E-state index is 0.271. The van der Waals surface area contributed by atoms with E-state index in [0.29, 0.717) is 37.6 Å². The van der Waals surface area contributed by atoms with E-state index in [-0.39, 0.29) is 10.7 Å². The summed E-state index contributed by atoms with van der Waals surface area (Å²) in [6.07, 6.45) is 0. The summed E-state index contributed by atoms with van der Waals surface area (Å²) < 4.78 is 40.0. The molecule has 0 aliphatic carbocycles. The largest absolute Gasteiger partial charge is 0.369 e. The van der Waals surface area contributed by atoms with Crippen molar-refractivity contribution in [3.63, 3.8) is 0 Å². The molecule has 2 heterocycles. The number of benzene rings is 1. The molecule has 2 aromatic rings. The Kier molecular flexibility index (Phi) is 4.11. The zero-order valence-corrected chi connectivity index (χ0v) is 13.9. The fourth-order valence-electron chi connectivity index (χ4n) is 2.89. The van der Waals surface area contributed by atoms with Gasteiger partial charge in [0, 0.05) is 31.9 Å². The number of hydrogen-bond acceptors (Lipinski definition) is 4. The van der Waals surface area contributed by atoms with Crippen molar-refractivity contribution >= 4 is 15.7 Å². The number of rotatable bonds is 3. The highest BCUT2D eigenvalue weighted by atomic mass is 32.2.